The molecule has 1 aromatic heterocycles. The highest BCUT2D eigenvalue weighted by atomic mass is 16.5. The van der Waals surface area contributed by atoms with Crippen LogP contribution in [0.3, 0.4) is 0 Å². The Bertz CT molecular complexity index is 1110. The van der Waals surface area contributed by atoms with E-state index in [0.29, 0.717) is 55.1 Å². The Hall–Kier alpha value is -4.00. The third-order valence-electron chi connectivity index (χ3n) is 5.41. The lowest BCUT2D eigenvalue weighted by molar-refractivity contribution is -0.121. The number of pyridine rings is 1. The predicted molar refractivity (Wildman–Crippen MR) is 123 cm³/mol. The van der Waals surface area contributed by atoms with Crippen LogP contribution in [0.4, 0.5) is 0 Å². The number of amides is 3. The number of hydrogen-bond donors (Lipinski definition) is 1. The van der Waals surface area contributed by atoms with Crippen molar-refractivity contribution in [2.75, 3.05) is 6.54 Å². The summed E-state index contributed by atoms with van der Waals surface area (Å²) in [6.45, 7) is 0.782. The third kappa shape index (κ3) is 5.63. The topological polar surface area (TPSA) is 88.6 Å². The summed E-state index contributed by atoms with van der Waals surface area (Å²) in [4.78, 5) is 42.3. The molecule has 0 saturated carbocycles. The van der Waals surface area contributed by atoms with Crippen molar-refractivity contribution in [1.29, 1.82) is 0 Å². The van der Waals surface area contributed by atoms with Crippen LogP contribution in [-0.4, -0.2) is 34.2 Å². The Morgan fingerprint density at radius 2 is 1.64 bits per heavy atom. The Kier molecular flexibility index (Phi) is 7.09. The van der Waals surface area contributed by atoms with Crippen molar-refractivity contribution in [3.8, 4) is 11.6 Å². The second kappa shape index (κ2) is 10.5. The number of imide groups is 1. The van der Waals surface area contributed by atoms with E-state index in [1.807, 2.05) is 36.4 Å². The second-order valence-electron chi connectivity index (χ2n) is 7.81. The number of nitrogens with zero attached hydrogens (tertiary/aromatic N) is 2. The van der Waals surface area contributed by atoms with E-state index in [-0.39, 0.29) is 17.7 Å². The van der Waals surface area contributed by atoms with Gasteiger partial charge in [0.25, 0.3) is 11.8 Å². The molecule has 1 N–H and O–H groups in total. The van der Waals surface area contributed by atoms with E-state index in [0.717, 1.165) is 12.0 Å². The summed E-state index contributed by atoms with van der Waals surface area (Å²) in [5.41, 5.74) is 1.87. The van der Waals surface area contributed by atoms with E-state index < -0.39 is 0 Å². The van der Waals surface area contributed by atoms with E-state index in [1.165, 1.54) is 4.90 Å². The van der Waals surface area contributed by atoms with Gasteiger partial charge in [0.2, 0.25) is 11.8 Å². The van der Waals surface area contributed by atoms with Gasteiger partial charge in [-0.3, -0.25) is 19.3 Å². The monoisotopic (exact) mass is 443 g/mol. The molecule has 0 aliphatic carbocycles. The normalized spacial score (nSPS) is 12.5. The van der Waals surface area contributed by atoms with E-state index in [1.54, 1.807) is 36.5 Å². The first kappa shape index (κ1) is 22.2. The summed E-state index contributed by atoms with van der Waals surface area (Å²) in [5.74, 6) is 0.672. The fourth-order valence-electron chi connectivity index (χ4n) is 3.71. The lowest BCUT2D eigenvalue weighted by atomic mass is 10.1. The van der Waals surface area contributed by atoms with Gasteiger partial charge in [-0.1, -0.05) is 36.8 Å². The van der Waals surface area contributed by atoms with Gasteiger partial charge in [-0.05, 0) is 48.7 Å². The van der Waals surface area contributed by atoms with Gasteiger partial charge in [-0.25, -0.2) is 4.98 Å². The van der Waals surface area contributed by atoms with E-state index >= 15 is 0 Å². The predicted octanol–water partition coefficient (Wildman–Crippen LogP) is 4.35. The van der Waals surface area contributed by atoms with E-state index in [4.69, 9.17) is 4.74 Å². The molecule has 7 heteroatoms. The van der Waals surface area contributed by atoms with Crippen molar-refractivity contribution < 1.29 is 19.1 Å². The molecule has 0 bridgehead atoms. The standard InChI is InChI=1S/C26H25N3O4/c30-23(28-18-19-9-8-10-20(17-19)33-24-14-5-6-15-27-24)13-2-1-7-16-29-25(31)21-11-3-4-12-22(21)26(29)32/h3-6,8-12,14-15,17H,1-2,7,13,16,18H2,(H,28,30). The summed E-state index contributed by atoms with van der Waals surface area (Å²) in [7, 11) is 0. The number of carbonyl (C=O) groups excluding carboxylic acids is 3. The number of aromatic nitrogens is 1. The minimum absolute atomic E-state index is 0.0354. The molecule has 0 atom stereocenters. The SMILES string of the molecule is O=C(CCCCCN1C(=O)c2ccccc2C1=O)NCc1cccc(Oc2ccccn2)c1. The highest BCUT2D eigenvalue weighted by molar-refractivity contribution is 6.21. The molecule has 0 radical (unpaired) electrons. The molecule has 2 heterocycles. The molecule has 0 unspecified atom stereocenters. The van der Waals surface area contributed by atoms with Crippen LogP contribution in [0.15, 0.2) is 72.9 Å². The summed E-state index contributed by atoms with van der Waals surface area (Å²) in [6, 6.07) is 19.8. The Balaban J connectivity index is 1.15. The van der Waals surface area contributed by atoms with Crippen molar-refractivity contribution in [2.24, 2.45) is 0 Å². The molecule has 2 aromatic carbocycles. The zero-order valence-electron chi connectivity index (χ0n) is 18.2. The van der Waals surface area contributed by atoms with Gasteiger partial charge in [-0.2, -0.15) is 0 Å². The minimum atomic E-state index is -0.234. The zero-order chi connectivity index (χ0) is 23.0. The number of rotatable bonds is 10. The van der Waals surface area contributed by atoms with Crippen LogP contribution in [0.25, 0.3) is 0 Å². The average molecular weight is 444 g/mol. The number of carbonyl (C=O) groups is 3. The zero-order valence-corrected chi connectivity index (χ0v) is 18.2. The summed E-state index contributed by atoms with van der Waals surface area (Å²) in [6.07, 6.45) is 4.18. The molecule has 33 heavy (non-hydrogen) atoms. The number of unbranched alkanes of at least 4 members (excludes halogenated alkanes) is 2. The number of nitrogens with one attached hydrogen (secondary N) is 1. The maximum absolute atomic E-state index is 12.4. The Morgan fingerprint density at radius 1 is 0.879 bits per heavy atom. The van der Waals surface area contributed by atoms with Crippen LogP contribution in [0.5, 0.6) is 11.6 Å². The fourth-order valence-corrected chi connectivity index (χ4v) is 3.71. The highest BCUT2D eigenvalue weighted by Crippen LogP contribution is 2.23. The first-order valence-corrected chi connectivity index (χ1v) is 11.0. The molecule has 168 valence electrons. The molecule has 1 aliphatic heterocycles. The van der Waals surface area contributed by atoms with Crippen molar-refractivity contribution in [3.63, 3.8) is 0 Å². The number of benzene rings is 2. The van der Waals surface area contributed by atoms with E-state index in [9.17, 15) is 14.4 Å². The van der Waals surface area contributed by atoms with Crippen molar-refractivity contribution >= 4 is 17.7 Å². The quantitative estimate of drug-likeness (QED) is 0.372. The number of hydrogen-bond acceptors (Lipinski definition) is 5. The molecule has 0 saturated heterocycles. The van der Waals surface area contributed by atoms with E-state index in [2.05, 4.69) is 10.3 Å². The maximum atomic E-state index is 12.4. The maximum Gasteiger partial charge on any atom is 0.261 e. The summed E-state index contributed by atoms with van der Waals surface area (Å²) in [5, 5.41) is 2.92. The number of fused-ring (bicyclic) bond motifs is 1. The van der Waals surface area contributed by atoms with Gasteiger partial charge in [0.1, 0.15) is 5.75 Å². The average Bonchev–Trinajstić information content (AvgIpc) is 3.08. The van der Waals surface area contributed by atoms with Crippen LogP contribution in [-0.2, 0) is 11.3 Å². The molecule has 0 spiro atoms. The Labute approximate surface area is 192 Å². The highest BCUT2D eigenvalue weighted by Gasteiger charge is 2.34. The van der Waals surface area contributed by atoms with Crippen LogP contribution < -0.4 is 10.1 Å². The smallest absolute Gasteiger partial charge is 0.261 e. The first-order chi connectivity index (χ1) is 16.1. The van der Waals surface area contributed by atoms with Crippen molar-refractivity contribution in [3.05, 3.63) is 89.6 Å². The van der Waals surface area contributed by atoms with Gasteiger partial charge >= 0.3 is 0 Å². The van der Waals surface area contributed by atoms with Crippen molar-refractivity contribution in [1.82, 2.24) is 15.2 Å². The molecule has 0 fully saturated rings. The number of ether oxygens (including phenoxy) is 1. The first-order valence-electron chi connectivity index (χ1n) is 11.0. The van der Waals surface area contributed by atoms with Crippen LogP contribution >= 0.6 is 0 Å². The van der Waals surface area contributed by atoms with Gasteiger partial charge in [-0.15, -0.1) is 0 Å². The van der Waals surface area contributed by atoms with Gasteiger partial charge in [0.05, 0.1) is 11.1 Å². The molecule has 3 amide bonds. The molecule has 4 rings (SSSR count). The second-order valence-corrected chi connectivity index (χ2v) is 7.81. The fraction of sp³-hybridized carbons (Fsp3) is 0.231. The molecule has 3 aromatic rings. The van der Waals surface area contributed by atoms with Gasteiger partial charge < -0.3 is 10.1 Å². The van der Waals surface area contributed by atoms with Crippen LogP contribution in [0.1, 0.15) is 52.0 Å². The third-order valence-corrected chi connectivity index (χ3v) is 5.41. The summed E-state index contributed by atoms with van der Waals surface area (Å²) >= 11 is 0. The van der Waals surface area contributed by atoms with Crippen LogP contribution in [0, 0.1) is 0 Å². The van der Waals surface area contributed by atoms with Gasteiger partial charge in [0, 0.05) is 31.8 Å². The van der Waals surface area contributed by atoms with Crippen molar-refractivity contribution in [2.45, 2.75) is 32.2 Å². The van der Waals surface area contributed by atoms with Crippen LogP contribution in [0.2, 0.25) is 0 Å². The molecule has 7 nitrogen and oxygen atoms in total. The minimum Gasteiger partial charge on any atom is -0.439 e. The molecule has 1 aliphatic rings. The lowest BCUT2D eigenvalue weighted by Gasteiger charge is -2.13. The molecular weight excluding hydrogens is 418 g/mol. The molecular formula is C26H25N3O4. The summed E-state index contributed by atoms with van der Waals surface area (Å²) < 4.78 is 5.72. The van der Waals surface area contributed by atoms with Gasteiger partial charge in [0.15, 0.2) is 0 Å². The largest absolute Gasteiger partial charge is 0.439 e. The Morgan fingerprint density at radius 3 is 2.36 bits per heavy atom. The lowest BCUT2D eigenvalue weighted by Crippen LogP contribution is -2.30.